The molecular formula is C21H25N3O2S. The van der Waals surface area contributed by atoms with E-state index in [1.165, 1.54) is 11.5 Å². The first-order chi connectivity index (χ1) is 13.0. The summed E-state index contributed by atoms with van der Waals surface area (Å²) in [5.74, 6) is 0.757. The molecule has 2 aromatic heterocycles. The van der Waals surface area contributed by atoms with Crippen molar-refractivity contribution < 1.29 is 4.74 Å². The molecule has 0 aliphatic heterocycles. The first-order valence-electron chi connectivity index (χ1n) is 9.06. The van der Waals surface area contributed by atoms with E-state index in [1.807, 2.05) is 67.2 Å². The van der Waals surface area contributed by atoms with Crippen LogP contribution in [0.5, 0.6) is 5.75 Å². The van der Waals surface area contributed by atoms with Crippen molar-refractivity contribution in [3.63, 3.8) is 0 Å². The second-order valence-electron chi connectivity index (χ2n) is 7.25. The lowest BCUT2D eigenvalue weighted by molar-refractivity contribution is 0.314. The number of aromatic nitrogens is 2. The maximum atomic E-state index is 13.0. The first kappa shape index (κ1) is 19.2. The van der Waals surface area contributed by atoms with E-state index in [1.54, 1.807) is 12.4 Å². The second-order valence-corrected chi connectivity index (χ2v) is 8.21. The number of rotatable bonds is 7. The maximum Gasteiger partial charge on any atom is 0.285 e. The lowest BCUT2D eigenvalue weighted by atomic mass is 10.1. The van der Waals surface area contributed by atoms with Crippen LogP contribution in [-0.4, -0.2) is 22.1 Å². The van der Waals surface area contributed by atoms with Crippen molar-refractivity contribution in [3.05, 3.63) is 65.2 Å². The van der Waals surface area contributed by atoms with Gasteiger partial charge in [-0.3, -0.25) is 13.7 Å². The quantitative estimate of drug-likeness (QED) is 0.606. The summed E-state index contributed by atoms with van der Waals surface area (Å²) >= 11 is 1.51. The molecule has 0 saturated carbocycles. The van der Waals surface area contributed by atoms with Crippen molar-refractivity contribution in [2.24, 2.45) is 0 Å². The van der Waals surface area contributed by atoms with Gasteiger partial charge in [-0.1, -0.05) is 41.9 Å². The summed E-state index contributed by atoms with van der Waals surface area (Å²) in [6, 6.07) is 13.8. The van der Waals surface area contributed by atoms with Gasteiger partial charge < -0.3 is 10.1 Å². The monoisotopic (exact) mass is 383 g/mol. The van der Waals surface area contributed by atoms with Crippen LogP contribution >= 0.6 is 11.5 Å². The molecule has 5 nitrogen and oxygen atoms in total. The molecule has 1 N–H and O–H groups in total. The number of nitrogens with one attached hydrogen (secondary N) is 1. The van der Waals surface area contributed by atoms with Gasteiger partial charge in [0.15, 0.2) is 0 Å². The molecule has 6 heteroatoms. The zero-order chi connectivity index (χ0) is 19.3. The van der Waals surface area contributed by atoms with Crippen molar-refractivity contribution in [2.75, 3.05) is 18.5 Å². The highest BCUT2D eigenvalue weighted by Gasteiger charge is 2.23. The lowest BCUT2D eigenvalue weighted by Gasteiger charge is -2.18. The highest BCUT2D eigenvalue weighted by Crippen LogP contribution is 2.33. The summed E-state index contributed by atoms with van der Waals surface area (Å²) in [6.07, 6.45) is 4.20. The number of pyridine rings is 1. The van der Waals surface area contributed by atoms with Gasteiger partial charge in [0, 0.05) is 12.7 Å². The smallest absolute Gasteiger partial charge is 0.285 e. The van der Waals surface area contributed by atoms with Crippen LogP contribution < -0.4 is 15.6 Å². The molecule has 0 amide bonds. The summed E-state index contributed by atoms with van der Waals surface area (Å²) in [5.41, 5.74) is 1.49. The molecule has 0 atom stereocenters. The molecule has 0 bridgehead atoms. The highest BCUT2D eigenvalue weighted by molar-refractivity contribution is 7.11. The van der Waals surface area contributed by atoms with Crippen molar-refractivity contribution in [2.45, 2.75) is 32.7 Å². The van der Waals surface area contributed by atoms with E-state index >= 15 is 0 Å². The third-order valence-corrected chi connectivity index (χ3v) is 5.50. The van der Waals surface area contributed by atoms with E-state index in [9.17, 15) is 4.79 Å². The van der Waals surface area contributed by atoms with Crippen molar-refractivity contribution in [1.82, 2.24) is 8.94 Å². The largest absolute Gasteiger partial charge is 0.492 e. The molecule has 0 radical (unpaired) electrons. The van der Waals surface area contributed by atoms with Gasteiger partial charge in [-0.05, 0) is 44.9 Å². The second kappa shape index (κ2) is 8.39. The zero-order valence-electron chi connectivity index (χ0n) is 15.9. The number of hydrogen-bond acceptors (Lipinski definition) is 5. The Morgan fingerprint density at radius 1 is 1.15 bits per heavy atom. The maximum absolute atomic E-state index is 13.0. The van der Waals surface area contributed by atoms with Gasteiger partial charge in [-0.2, -0.15) is 0 Å². The molecule has 142 valence electrons. The van der Waals surface area contributed by atoms with E-state index in [-0.39, 0.29) is 11.1 Å². The number of ether oxygens (including phenoxy) is 1. The fourth-order valence-electron chi connectivity index (χ4n) is 2.67. The predicted octanol–water partition coefficient (Wildman–Crippen LogP) is 4.61. The van der Waals surface area contributed by atoms with E-state index in [2.05, 4.69) is 10.3 Å². The Morgan fingerprint density at radius 2 is 1.93 bits per heavy atom. The molecule has 0 aliphatic carbocycles. The minimum atomic E-state index is -0.255. The molecule has 3 aromatic rings. The minimum absolute atomic E-state index is 0.0273. The zero-order valence-corrected chi connectivity index (χ0v) is 16.8. The van der Waals surface area contributed by atoms with Gasteiger partial charge in [0.05, 0.1) is 23.2 Å². The van der Waals surface area contributed by atoms with Gasteiger partial charge >= 0.3 is 0 Å². The molecule has 1 aromatic carbocycles. The van der Waals surface area contributed by atoms with Crippen LogP contribution in [-0.2, 0) is 5.54 Å². The molecule has 0 fully saturated rings. The van der Waals surface area contributed by atoms with Crippen LogP contribution in [0.1, 0.15) is 27.2 Å². The van der Waals surface area contributed by atoms with Crippen molar-refractivity contribution >= 4 is 17.2 Å². The number of nitrogens with zero attached hydrogens (tertiary/aromatic N) is 2. The summed E-state index contributed by atoms with van der Waals surface area (Å²) in [7, 11) is 0. The van der Waals surface area contributed by atoms with Crippen LogP contribution in [0.2, 0.25) is 0 Å². The predicted molar refractivity (Wildman–Crippen MR) is 112 cm³/mol. The highest BCUT2D eigenvalue weighted by atomic mass is 32.1. The molecular weight excluding hydrogens is 358 g/mol. The Bertz CT molecular complexity index is 912. The van der Waals surface area contributed by atoms with Gasteiger partial charge in [-0.15, -0.1) is 0 Å². The Labute approximate surface area is 163 Å². The van der Waals surface area contributed by atoms with Crippen LogP contribution in [0.4, 0.5) is 5.69 Å². The summed E-state index contributed by atoms with van der Waals surface area (Å²) in [6.45, 7) is 7.37. The van der Waals surface area contributed by atoms with Crippen LogP contribution in [0.3, 0.4) is 0 Å². The molecule has 3 rings (SSSR count). The average molecular weight is 384 g/mol. The van der Waals surface area contributed by atoms with Crippen molar-refractivity contribution in [1.29, 1.82) is 0 Å². The number of anilines is 1. The lowest BCUT2D eigenvalue weighted by Crippen LogP contribution is -2.30. The molecule has 27 heavy (non-hydrogen) atoms. The van der Waals surface area contributed by atoms with E-state index in [0.29, 0.717) is 18.8 Å². The first-order valence-corrected chi connectivity index (χ1v) is 9.83. The standard InChI is InChI=1S/C21H25N3O2S/c1-21(2,3)24-20(25)18(19(27-24)16-9-5-4-6-10-16)23-13-8-14-26-17-11-7-12-22-15-17/h4-7,9-12,15,23H,8,13-14H2,1-3H3. The SMILES string of the molecule is CC(C)(C)n1sc(-c2ccccc2)c(NCCCOc2cccnc2)c1=O. The number of hydrogen-bond donors (Lipinski definition) is 1. The van der Waals surface area contributed by atoms with E-state index in [4.69, 9.17) is 4.74 Å². The van der Waals surface area contributed by atoms with Crippen LogP contribution in [0.25, 0.3) is 10.4 Å². The fraction of sp³-hybridized carbons (Fsp3) is 0.333. The van der Waals surface area contributed by atoms with Gasteiger partial charge in [0.1, 0.15) is 11.4 Å². The Morgan fingerprint density at radius 3 is 2.59 bits per heavy atom. The molecule has 0 unspecified atom stereocenters. The molecule has 0 saturated heterocycles. The summed E-state index contributed by atoms with van der Waals surface area (Å²) in [5, 5.41) is 3.34. The van der Waals surface area contributed by atoms with Crippen molar-refractivity contribution in [3.8, 4) is 16.2 Å². The topological polar surface area (TPSA) is 56.1 Å². The van der Waals surface area contributed by atoms with Crippen LogP contribution in [0.15, 0.2) is 59.7 Å². The molecule has 0 aliphatic rings. The van der Waals surface area contributed by atoms with Gasteiger partial charge in [-0.25, -0.2) is 0 Å². The summed E-state index contributed by atoms with van der Waals surface area (Å²) < 4.78 is 7.50. The Hall–Kier alpha value is -2.60. The van der Waals surface area contributed by atoms with E-state index < -0.39 is 0 Å². The average Bonchev–Trinajstić information content (AvgIpc) is 3.00. The summed E-state index contributed by atoms with van der Waals surface area (Å²) in [4.78, 5) is 18.0. The van der Waals surface area contributed by atoms with Crippen LogP contribution in [0, 0.1) is 0 Å². The van der Waals surface area contributed by atoms with Gasteiger partial charge in [0.25, 0.3) is 5.56 Å². The van der Waals surface area contributed by atoms with E-state index in [0.717, 1.165) is 22.6 Å². The minimum Gasteiger partial charge on any atom is -0.492 e. The Kier molecular flexibility index (Phi) is 5.96. The molecule has 2 heterocycles. The third-order valence-electron chi connectivity index (χ3n) is 3.98. The Balaban J connectivity index is 1.72. The normalized spacial score (nSPS) is 11.4. The fourth-order valence-corrected chi connectivity index (χ4v) is 3.79. The molecule has 0 spiro atoms. The number of benzene rings is 1. The third kappa shape index (κ3) is 4.77. The van der Waals surface area contributed by atoms with Gasteiger partial charge in [0.2, 0.25) is 0 Å².